The summed E-state index contributed by atoms with van der Waals surface area (Å²) >= 11 is 0. The van der Waals surface area contributed by atoms with E-state index in [0.717, 1.165) is 0 Å². The molecule has 174 valence electrons. The molecule has 0 N–H and O–H groups in total. The number of rotatable bonds is 25. The molecule has 0 spiro atoms. The van der Waals surface area contributed by atoms with Gasteiger partial charge in [0.1, 0.15) is 0 Å². The van der Waals surface area contributed by atoms with Gasteiger partial charge in [0.2, 0.25) is 0 Å². The molecule has 0 rings (SSSR count). The van der Waals surface area contributed by atoms with Crippen LogP contribution in [0.5, 0.6) is 0 Å². The molecule has 0 aromatic carbocycles. The zero-order valence-electron chi connectivity index (χ0n) is 20.8. The lowest BCUT2D eigenvalue weighted by Crippen LogP contribution is -1.83. The Morgan fingerprint density at radius 3 is 0.724 bits per heavy atom. The van der Waals surface area contributed by atoms with E-state index in [2.05, 4.69) is 26.0 Å². The molecule has 0 nitrogen and oxygen atoms in total. The zero-order valence-corrected chi connectivity index (χ0v) is 20.8. The SMILES string of the molecule is CCCCCCCCCC=CCCCCCCCCCCCCCCCCCC. The molecular weight excluding hydrogens is 348 g/mol. The lowest BCUT2D eigenvalue weighted by atomic mass is 10.0. The molecule has 0 amide bonds. The first-order valence-electron chi connectivity index (χ1n) is 14.1. The largest absolute Gasteiger partial charge is 0.0885 e. The van der Waals surface area contributed by atoms with Gasteiger partial charge in [0.15, 0.2) is 0 Å². The summed E-state index contributed by atoms with van der Waals surface area (Å²) in [7, 11) is 0. The molecule has 0 saturated carbocycles. The topological polar surface area (TPSA) is 0 Å². The van der Waals surface area contributed by atoms with Crippen LogP contribution in [0.1, 0.15) is 174 Å². The maximum Gasteiger partial charge on any atom is -0.0351 e. The third-order valence-electron chi connectivity index (χ3n) is 6.37. The van der Waals surface area contributed by atoms with E-state index >= 15 is 0 Å². The van der Waals surface area contributed by atoms with Crippen molar-refractivity contribution in [3.05, 3.63) is 12.2 Å². The highest BCUT2D eigenvalue weighted by atomic mass is 14.0. The highest BCUT2D eigenvalue weighted by Gasteiger charge is 1.94. The van der Waals surface area contributed by atoms with Crippen LogP contribution in [0.3, 0.4) is 0 Å². The fourth-order valence-electron chi connectivity index (χ4n) is 4.27. The first kappa shape index (κ1) is 28.7. The standard InChI is InChI=1S/C29H58/c1-3-5-7-9-11-13-15-17-19-21-23-25-27-29-28-26-24-22-20-18-16-14-12-10-8-6-4-2/h19,21H,3-18,20,22-29H2,1-2H3. The molecule has 0 unspecified atom stereocenters. The van der Waals surface area contributed by atoms with Crippen molar-refractivity contribution in [1.82, 2.24) is 0 Å². The molecule has 0 aliphatic carbocycles. The van der Waals surface area contributed by atoms with Gasteiger partial charge < -0.3 is 0 Å². The molecule has 0 heteroatoms. The molecule has 0 fully saturated rings. The Balaban J connectivity index is 3.04. The molecule has 0 aliphatic heterocycles. The Labute approximate surface area is 186 Å². The minimum absolute atomic E-state index is 1.31. The number of hydrogen-bond donors (Lipinski definition) is 0. The first-order chi connectivity index (χ1) is 14.4. The van der Waals surface area contributed by atoms with Crippen LogP contribution in [0.4, 0.5) is 0 Å². The van der Waals surface area contributed by atoms with Crippen LogP contribution in [0.2, 0.25) is 0 Å². The molecule has 0 aliphatic rings. The van der Waals surface area contributed by atoms with Gasteiger partial charge in [0.05, 0.1) is 0 Å². The number of unbranched alkanes of at least 4 members (excludes halogenated alkanes) is 23. The van der Waals surface area contributed by atoms with E-state index in [1.54, 1.807) is 0 Å². The third kappa shape index (κ3) is 27.7. The van der Waals surface area contributed by atoms with Gasteiger partial charge in [-0.15, -0.1) is 0 Å². The lowest BCUT2D eigenvalue weighted by Gasteiger charge is -2.03. The van der Waals surface area contributed by atoms with Crippen molar-refractivity contribution < 1.29 is 0 Å². The molecule has 0 heterocycles. The van der Waals surface area contributed by atoms with E-state index in [4.69, 9.17) is 0 Å². The number of allylic oxidation sites excluding steroid dienone is 2. The van der Waals surface area contributed by atoms with E-state index in [0.29, 0.717) is 0 Å². The fraction of sp³-hybridized carbons (Fsp3) is 0.931. The minimum atomic E-state index is 1.31. The van der Waals surface area contributed by atoms with Crippen LogP contribution in [-0.2, 0) is 0 Å². The van der Waals surface area contributed by atoms with Crippen molar-refractivity contribution in [3.63, 3.8) is 0 Å². The van der Waals surface area contributed by atoms with Gasteiger partial charge in [0, 0.05) is 0 Å². The summed E-state index contributed by atoms with van der Waals surface area (Å²) in [6, 6.07) is 0. The van der Waals surface area contributed by atoms with Gasteiger partial charge in [-0.1, -0.05) is 161 Å². The first-order valence-corrected chi connectivity index (χ1v) is 14.1. The van der Waals surface area contributed by atoms with E-state index in [1.807, 2.05) is 0 Å². The van der Waals surface area contributed by atoms with E-state index < -0.39 is 0 Å². The summed E-state index contributed by atoms with van der Waals surface area (Å²) in [5.74, 6) is 0. The molecule has 0 aromatic heterocycles. The van der Waals surface area contributed by atoms with Crippen molar-refractivity contribution in [2.45, 2.75) is 174 Å². The monoisotopic (exact) mass is 406 g/mol. The van der Waals surface area contributed by atoms with Crippen molar-refractivity contribution >= 4 is 0 Å². The second kappa shape index (κ2) is 27.7. The fourth-order valence-corrected chi connectivity index (χ4v) is 4.27. The molecule has 0 radical (unpaired) electrons. The van der Waals surface area contributed by atoms with Crippen LogP contribution in [0.15, 0.2) is 12.2 Å². The van der Waals surface area contributed by atoms with Crippen LogP contribution in [0.25, 0.3) is 0 Å². The molecule has 0 aromatic rings. The number of hydrogen-bond acceptors (Lipinski definition) is 0. The average molecular weight is 407 g/mol. The summed E-state index contributed by atoms with van der Waals surface area (Å²) in [5, 5.41) is 0. The van der Waals surface area contributed by atoms with Gasteiger partial charge in [0.25, 0.3) is 0 Å². The Hall–Kier alpha value is -0.260. The summed E-state index contributed by atoms with van der Waals surface area (Å²) < 4.78 is 0. The quantitative estimate of drug-likeness (QED) is 0.104. The summed E-state index contributed by atoms with van der Waals surface area (Å²) in [6.45, 7) is 4.60. The normalized spacial score (nSPS) is 11.7. The van der Waals surface area contributed by atoms with E-state index in [-0.39, 0.29) is 0 Å². The zero-order chi connectivity index (χ0) is 21.1. The Morgan fingerprint density at radius 2 is 0.483 bits per heavy atom. The van der Waals surface area contributed by atoms with E-state index in [1.165, 1.54) is 161 Å². The predicted molar refractivity (Wildman–Crippen MR) is 136 cm³/mol. The van der Waals surface area contributed by atoms with Crippen molar-refractivity contribution in [2.24, 2.45) is 0 Å². The van der Waals surface area contributed by atoms with Gasteiger partial charge >= 0.3 is 0 Å². The second-order valence-corrected chi connectivity index (χ2v) is 9.47. The minimum Gasteiger partial charge on any atom is -0.0885 e. The Morgan fingerprint density at radius 1 is 0.276 bits per heavy atom. The van der Waals surface area contributed by atoms with Gasteiger partial charge in [-0.3, -0.25) is 0 Å². The van der Waals surface area contributed by atoms with Crippen LogP contribution < -0.4 is 0 Å². The smallest absolute Gasteiger partial charge is 0.0351 e. The van der Waals surface area contributed by atoms with Gasteiger partial charge in [-0.25, -0.2) is 0 Å². The summed E-state index contributed by atoms with van der Waals surface area (Å²) in [5.41, 5.74) is 0. The van der Waals surface area contributed by atoms with Crippen molar-refractivity contribution in [1.29, 1.82) is 0 Å². The Kier molecular flexibility index (Phi) is 27.5. The maximum absolute atomic E-state index is 2.45. The lowest BCUT2D eigenvalue weighted by molar-refractivity contribution is 0.530. The highest BCUT2D eigenvalue weighted by Crippen LogP contribution is 2.14. The van der Waals surface area contributed by atoms with Crippen molar-refractivity contribution in [3.8, 4) is 0 Å². The molecular formula is C29H58. The average Bonchev–Trinajstić information content (AvgIpc) is 2.74. The van der Waals surface area contributed by atoms with E-state index in [9.17, 15) is 0 Å². The van der Waals surface area contributed by atoms with Crippen LogP contribution >= 0.6 is 0 Å². The van der Waals surface area contributed by atoms with Crippen LogP contribution in [0, 0.1) is 0 Å². The molecule has 0 saturated heterocycles. The maximum atomic E-state index is 2.45. The predicted octanol–water partition coefficient (Wildman–Crippen LogP) is 11.3. The summed E-state index contributed by atoms with van der Waals surface area (Å²) in [4.78, 5) is 0. The van der Waals surface area contributed by atoms with Gasteiger partial charge in [-0.2, -0.15) is 0 Å². The molecule has 0 bridgehead atoms. The van der Waals surface area contributed by atoms with Crippen molar-refractivity contribution in [2.75, 3.05) is 0 Å². The molecule has 29 heavy (non-hydrogen) atoms. The highest BCUT2D eigenvalue weighted by molar-refractivity contribution is 4.81. The summed E-state index contributed by atoms with van der Waals surface area (Å²) in [6.07, 6.45) is 40.9. The second-order valence-electron chi connectivity index (χ2n) is 9.47. The Bertz CT molecular complexity index is 290. The molecule has 0 atom stereocenters. The third-order valence-corrected chi connectivity index (χ3v) is 6.37. The van der Waals surface area contributed by atoms with Crippen LogP contribution in [-0.4, -0.2) is 0 Å². The van der Waals surface area contributed by atoms with Gasteiger partial charge in [-0.05, 0) is 25.7 Å².